The minimum atomic E-state index is -0.279. The van der Waals surface area contributed by atoms with E-state index < -0.39 is 0 Å². The lowest BCUT2D eigenvalue weighted by Gasteiger charge is -2.34. The molecule has 0 saturated carbocycles. The van der Waals surface area contributed by atoms with Gasteiger partial charge in [0.2, 0.25) is 5.91 Å². The highest BCUT2D eigenvalue weighted by molar-refractivity contribution is 5.92. The summed E-state index contributed by atoms with van der Waals surface area (Å²) in [6.07, 6.45) is 7.62. The van der Waals surface area contributed by atoms with Crippen LogP contribution in [-0.4, -0.2) is 23.4 Å². The van der Waals surface area contributed by atoms with Gasteiger partial charge in [-0.2, -0.15) is 0 Å². The molecule has 2 nitrogen and oxygen atoms in total. The second-order valence-corrected chi connectivity index (χ2v) is 4.98. The summed E-state index contributed by atoms with van der Waals surface area (Å²) in [7, 11) is 0. The van der Waals surface area contributed by atoms with Crippen LogP contribution in [0.3, 0.4) is 0 Å². The number of carbonyl (C=O) groups excluding carboxylic acids is 1. The van der Waals surface area contributed by atoms with Gasteiger partial charge in [-0.1, -0.05) is 19.1 Å². The van der Waals surface area contributed by atoms with Gasteiger partial charge >= 0.3 is 0 Å². The summed E-state index contributed by atoms with van der Waals surface area (Å²) in [5.41, 5.74) is 0.721. The van der Waals surface area contributed by atoms with Gasteiger partial charge in [-0.15, -0.1) is 0 Å². The SMILES string of the molecule is CCC1CCCCN1C(=O)/C=C/c1cccc(F)c1. The zero-order chi connectivity index (χ0) is 13.7. The first-order valence-corrected chi connectivity index (χ1v) is 6.95. The van der Waals surface area contributed by atoms with Gasteiger partial charge in [0, 0.05) is 18.7 Å². The largest absolute Gasteiger partial charge is 0.336 e. The van der Waals surface area contributed by atoms with E-state index in [1.54, 1.807) is 24.3 Å². The molecular weight excluding hydrogens is 241 g/mol. The standard InChI is InChI=1S/C16H20FNO/c1-2-15-8-3-4-11-18(15)16(19)10-9-13-6-5-7-14(17)12-13/h5-7,9-10,12,15H,2-4,8,11H2,1H3/b10-9+. The number of nitrogens with zero attached hydrogens (tertiary/aromatic N) is 1. The van der Waals surface area contributed by atoms with Gasteiger partial charge in [0.15, 0.2) is 0 Å². The Morgan fingerprint density at radius 1 is 1.47 bits per heavy atom. The van der Waals surface area contributed by atoms with Gasteiger partial charge < -0.3 is 4.90 Å². The van der Waals surface area contributed by atoms with Crippen LogP contribution in [0.1, 0.15) is 38.2 Å². The van der Waals surface area contributed by atoms with Crippen LogP contribution in [0.5, 0.6) is 0 Å². The molecule has 1 amide bonds. The van der Waals surface area contributed by atoms with E-state index in [0.717, 1.165) is 31.4 Å². The third-order valence-corrected chi connectivity index (χ3v) is 3.65. The minimum Gasteiger partial charge on any atom is -0.336 e. The summed E-state index contributed by atoms with van der Waals surface area (Å²) in [6.45, 7) is 2.96. The smallest absolute Gasteiger partial charge is 0.246 e. The zero-order valence-corrected chi connectivity index (χ0v) is 11.3. The predicted octanol–water partition coefficient (Wildman–Crippen LogP) is 3.63. The molecule has 102 valence electrons. The topological polar surface area (TPSA) is 20.3 Å². The summed E-state index contributed by atoms with van der Waals surface area (Å²) < 4.78 is 13.0. The summed E-state index contributed by atoms with van der Waals surface area (Å²) in [5.74, 6) is -0.241. The first kappa shape index (κ1) is 13.8. The maximum absolute atomic E-state index is 13.0. The van der Waals surface area contributed by atoms with Crippen LogP contribution in [0.25, 0.3) is 6.08 Å². The van der Waals surface area contributed by atoms with E-state index in [0.29, 0.717) is 6.04 Å². The number of benzene rings is 1. The average molecular weight is 261 g/mol. The molecular formula is C16H20FNO. The van der Waals surface area contributed by atoms with Crippen LogP contribution in [0.2, 0.25) is 0 Å². The lowest BCUT2D eigenvalue weighted by Crippen LogP contribution is -2.42. The van der Waals surface area contributed by atoms with Crippen LogP contribution < -0.4 is 0 Å². The first-order valence-electron chi connectivity index (χ1n) is 6.95. The van der Waals surface area contributed by atoms with Gasteiger partial charge in [-0.25, -0.2) is 4.39 Å². The fourth-order valence-electron chi connectivity index (χ4n) is 2.59. The second kappa shape index (κ2) is 6.50. The van der Waals surface area contributed by atoms with Crippen LogP contribution in [-0.2, 0) is 4.79 Å². The van der Waals surface area contributed by atoms with Crippen molar-refractivity contribution >= 4 is 12.0 Å². The Kier molecular flexibility index (Phi) is 4.72. The van der Waals surface area contributed by atoms with E-state index in [9.17, 15) is 9.18 Å². The highest BCUT2D eigenvalue weighted by Gasteiger charge is 2.23. The predicted molar refractivity (Wildman–Crippen MR) is 75.1 cm³/mol. The number of halogens is 1. The zero-order valence-electron chi connectivity index (χ0n) is 11.3. The first-order chi connectivity index (χ1) is 9.20. The molecule has 0 N–H and O–H groups in total. The van der Waals surface area contributed by atoms with Gasteiger partial charge in [0.1, 0.15) is 5.82 Å². The quantitative estimate of drug-likeness (QED) is 0.761. The van der Waals surface area contributed by atoms with E-state index >= 15 is 0 Å². The van der Waals surface area contributed by atoms with E-state index in [-0.39, 0.29) is 11.7 Å². The highest BCUT2D eigenvalue weighted by Crippen LogP contribution is 2.20. The third-order valence-electron chi connectivity index (χ3n) is 3.65. The fourth-order valence-corrected chi connectivity index (χ4v) is 2.59. The second-order valence-electron chi connectivity index (χ2n) is 4.98. The van der Waals surface area contributed by atoms with Crippen LogP contribution >= 0.6 is 0 Å². The number of hydrogen-bond donors (Lipinski definition) is 0. The molecule has 1 heterocycles. The number of rotatable bonds is 3. The average Bonchev–Trinajstić information content (AvgIpc) is 2.45. The number of hydrogen-bond acceptors (Lipinski definition) is 1. The summed E-state index contributed by atoms with van der Waals surface area (Å²) in [6, 6.07) is 6.63. The number of amides is 1. The Bertz CT molecular complexity index is 470. The van der Waals surface area contributed by atoms with Crippen molar-refractivity contribution in [3.63, 3.8) is 0 Å². The lowest BCUT2D eigenvalue weighted by molar-refractivity contribution is -0.129. The Morgan fingerprint density at radius 2 is 2.32 bits per heavy atom. The number of likely N-dealkylation sites (tertiary alicyclic amines) is 1. The number of piperidine rings is 1. The minimum absolute atomic E-state index is 0.0378. The van der Waals surface area contributed by atoms with E-state index in [1.807, 2.05) is 4.90 Å². The van der Waals surface area contributed by atoms with Crippen LogP contribution in [0.15, 0.2) is 30.3 Å². The van der Waals surface area contributed by atoms with Crippen molar-refractivity contribution in [1.29, 1.82) is 0 Å². The van der Waals surface area contributed by atoms with E-state index in [2.05, 4.69) is 6.92 Å². The Morgan fingerprint density at radius 3 is 3.05 bits per heavy atom. The van der Waals surface area contributed by atoms with Crippen molar-refractivity contribution in [3.8, 4) is 0 Å². The molecule has 3 heteroatoms. The summed E-state index contributed by atoms with van der Waals surface area (Å²) in [4.78, 5) is 14.1. The molecule has 0 radical (unpaired) electrons. The molecule has 19 heavy (non-hydrogen) atoms. The van der Waals surface area contributed by atoms with Gasteiger partial charge in [0.25, 0.3) is 0 Å². The maximum atomic E-state index is 13.0. The number of carbonyl (C=O) groups is 1. The van der Waals surface area contributed by atoms with E-state index in [4.69, 9.17) is 0 Å². The maximum Gasteiger partial charge on any atom is 0.246 e. The molecule has 1 aliphatic rings. The molecule has 1 aromatic rings. The molecule has 0 spiro atoms. The van der Waals surface area contributed by atoms with Crippen molar-refractivity contribution < 1.29 is 9.18 Å². The molecule has 1 saturated heterocycles. The normalized spacial score (nSPS) is 19.9. The van der Waals surface area contributed by atoms with Crippen LogP contribution in [0.4, 0.5) is 4.39 Å². The third kappa shape index (κ3) is 3.66. The molecule has 2 rings (SSSR count). The van der Waals surface area contributed by atoms with Crippen molar-refractivity contribution in [2.75, 3.05) is 6.54 Å². The Hall–Kier alpha value is -1.64. The molecule has 1 unspecified atom stereocenters. The Labute approximate surface area is 113 Å². The Balaban J connectivity index is 2.03. The molecule has 0 aliphatic carbocycles. The van der Waals surface area contributed by atoms with Crippen molar-refractivity contribution in [3.05, 3.63) is 41.7 Å². The van der Waals surface area contributed by atoms with Crippen molar-refractivity contribution in [2.24, 2.45) is 0 Å². The molecule has 1 fully saturated rings. The summed E-state index contributed by atoms with van der Waals surface area (Å²) >= 11 is 0. The van der Waals surface area contributed by atoms with Gasteiger partial charge in [0.05, 0.1) is 0 Å². The van der Waals surface area contributed by atoms with Crippen molar-refractivity contribution in [2.45, 2.75) is 38.6 Å². The molecule has 0 aromatic heterocycles. The molecule has 1 aliphatic heterocycles. The van der Waals surface area contributed by atoms with Gasteiger partial charge in [-0.05, 0) is 49.5 Å². The van der Waals surface area contributed by atoms with E-state index in [1.165, 1.54) is 18.6 Å². The monoisotopic (exact) mass is 261 g/mol. The summed E-state index contributed by atoms with van der Waals surface area (Å²) in [5, 5.41) is 0. The van der Waals surface area contributed by atoms with Crippen LogP contribution in [0, 0.1) is 5.82 Å². The molecule has 0 bridgehead atoms. The highest BCUT2D eigenvalue weighted by atomic mass is 19.1. The molecule has 1 aromatic carbocycles. The lowest BCUT2D eigenvalue weighted by atomic mass is 10.00. The van der Waals surface area contributed by atoms with Crippen molar-refractivity contribution in [1.82, 2.24) is 4.90 Å². The van der Waals surface area contributed by atoms with Gasteiger partial charge in [-0.3, -0.25) is 4.79 Å². The molecule has 1 atom stereocenters. The fraction of sp³-hybridized carbons (Fsp3) is 0.438.